The van der Waals surface area contributed by atoms with Crippen molar-refractivity contribution in [2.45, 2.75) is 11.8 Å². The molecule has 0 unspecified atom stereocenters. The topological polar surface area (TPSA) is 12.0 Å². The summed E-state index contributed by atoms with van der Waals surface area (Å²) in [6, 6.07) is 16.3. The lowest BCUT2D eigenvalue weighted by molar-refractivity contribution is 1.38. The second-order valence-corrected chi connectivity index (χ2v) is 4.31. The molecule has 2 rings (SSSR count). The molecule has 0 aliphatic heterocycles. The molecular formula is C14H15NS. The van der Waals surface area contributed by atoms with E-state index in [2.05, 4.69) is 24.4 Å². The van der Waals surface area contributed by atoms with Crippen LogP contribution < -0.4 is 5.32 Å². The third-order valence-electron chi connectivity index (χ3n) is 2.46. The fourth-order valence-electron chi connectivity index (χ4n) is 1.55. The second-order valence-electron chi connectivity index (χ2n) is 3.58. The number of hydrogen-bond donors (Lipinski definition) is 1. The zero-order valence-corrected chi connectivity index (χ0v) is 10.1. The standard InChI is InChI=1S/C14H15NS/c1-11-7-3-4-8-12(11)15-13-9-5-6-10-14(13)16-2/h3-10,15H,1-2H3/i2D. The highest BCUT2D eigenvalue weighted by molar-refractivity contribution is 7.98. The smallest absolute Gasteiger partial charge is 0.0522 e. The summed E-state index contributed by atoms with van der Waals surface area (Å²) in [6.07, 6.45) is 0.340. The number of aryl methyl sites for hydroxylation is 1. The van der Waals surface area contributed by atoms with Gasteiger partial charge in [0, 0.05) is 12.0 Å². The van der Waals surface area contributed by atoms with Crippen LogP contribution in [0.2, 0.25) is 0 Å². The minimum Gasteiger partial charge on any atom is -0.354 e. The van der Waals surface area contributed by atoms with Gasteiger partial charge in [-0.1, -0.05) is 30.3 Å². The number of rotatable bonds is 3. The zero-order valence-electron chi connectivity index (χ0n) is 10.2. The molecule has 0 spiro atoms. The lowest BCUT2D eigenvalue weighted by atomic mass is 10.2. The average Bonchev–Trinajstić information content (AvgIpc) is 2.35. The Balaban J connectivity index is 2.27. The van der Waals surface area contributed by atoms with E-state index in [9.17, 15) is 0 Å². The number of para-hydroxylation sites is 2. The maximum atomic E-state index is 7.29. The molecule has 16 heavy (non-hydrogen) atoms. The summed E-state index contributed by atoms with van der Waals surface area (Å²) >= 11 is 1.53. The van der Waals surface area contributed by atoms with Crippen LogP contribution in [0.5, 0.6) is 0 Å². The fraction of sp³-hybridized carbons (Fsp3) is 0.143. The van der Waals surface area contributed by atoms with Crippen molar-refractivity contribution in [1.29, 1.82) is 0 Å². The van der Waals surface area contributed by atoms with Gasteiger partial charge in [0.2, 0.25) is 0 Å². The quantitative estimate of drug-likeness (QED) is 0.781. The summed E-state index contributed by atoms with van der Waals surface area (Å²) in [6.45, 7) is 2.09. The van der Waals surface area contributed by atoms with E-state index in [0.717, 1.165) is 16.3 Å². The van der Waals surface area contributed by atoms with E-state index in [1.54, 1.807) is 0 Å². The zero-order chi connectivity index (χ0) is 12.1. The molecule has 0 bridgehead atoms. The van der Waals surface area contributed by atoms with Crippen molar-refractivity contribution in [3.8, 4) is 0 Å². The Kier molecular flexibility index (Phi) is 3.11. The highest BCUT2D eigenvalue weighted by Gasteiger charge is 2.01. The van der Waals surface area contributed by atoms with E-state index >= 15 is 0 Å². The largest absolute Gasteiger partial charge is 0.354 e. The lowest BCUT2D eigenvalue weighted by Gasteiger charge is -2.12. The van der Waals surface area contributed by atoms with Gasteiger partial charge in [-0.25, -0.2) is 0 Å². The van der Waals surface area contributed by atoms with Crippen LogP contribution in [0.25, 0.3) is 0 Å². The van der Waals surface area contributed by atoms with Crippen LogP contribution in [-0.2, 0) is 0 Å². The fourth-order valence-corrected chi connectivity index (χ4v) is 2.00. The predicted molar refractivity (Wildman–Crippen MR) is 72.7 cm³/mol. The van der Waals surface area contributed by atoms with Gasteiger partial charge in [-0.3, -0.25) is 0 Å². The van der Waals surface area contributed by atoms with Gasteiger partial charge in [0.05, 0.1) is 5.69 Å². The van der Waals surface area contributed by atoms with Crippen LogP contribution in [0.1, 0.15) is 6.93 Å². The Hall–Kier alpha value is -1.41. The van der Waals surface area contributed by atoms with E-state index < -0.39 is 0 Å². The number of benzene rings is 2. The molecule has 0 aromatic heterocycles. The summed E-state index contributed by atoms with van der Waals surface area (Å²) in [5, 5.41) is 3.42. The third-order valence-corrected chi connectivity index (χ3v) is 3.12. The van der Waals surface area contributed by atoms with Crippen molar-refractivity contribution in [3.63, 3.8) is 0 Å². The van der Waals surface area contributed by atoms with E-state index in [1.807, 2.05) is 36.4 Å². The molecule has 0 amide bonds. The Morgan fingerprint density at radius 3 is 2.44 bits per heavy atom. The van der Waals surface area contributed by atoms with E-state index in [0.29, 0.717) is 6.23 Å². The highest BCUT2D eigenvalue weighted by Crippen LogP contribution is 2.28. The van der Waals surface area contributed by atoms with Crippen LogP contribution in [0.4, 0.5) is 11.4 Å². The maximum absolute atomic E-state index is 7.29. The van der Waals surface area contributed by atoms with Crippen molar-refractivity contribution in [1.82, 2.24) is 0 Å². The summed E-state index contributed by atoms with van der Waals surface area (Å²) in [5.41, 5.74) is 3.41. The Bertz CT molecular complexity index is 499. The first-order valence-electron chi connectivity index (χ1n) is 5.85. The van der Waals surface area contributed by atoms with Crippen molar-refractivity contribution >= 4 is 23.1 Å². The predicted octanol–water partition coefficient (Wildman–Crippen LogP) is 4.46. The van der Waals surface area contributed by atoms with Gasteiger partial charge >= 0.3 is 0 Å². The van der Waals surface area contributed by atoms with Gasteiger partial charge in [0.1, 0.15) is 0 Å². The van der Waals surface area contributed by atoms with Crippen LogP contribution >= 0.6 is 11.8 Å². The van der Waals surface area contributed by atoms with Crippen LogP contribution in [0.3, 0.4) is 0 Å². The molecule has 2 aromatic carbocycles. The van der Waals surface area contributed by atoms with Gasteiger partial charge < -0.3 is 5.32 Å². The summed E-state index contributed by atoms with van der Waals surface area (Å²) < 4.78 is 7.29. The van der Waals surface area contributed by atoms with Gasteiger partial charge in [0.15, 0.2) is 0 Å². The van der Waals surface area contributed by atoms with Gasteiger partial charge in [-0.15, -0.1) is 11.8 Å². The number of hydrogen-bond acceptors (Lipinski definition) is 2. The molecule has 2 heteroatoms. The molecule has 1 N–H and O–H groups in total. The SMILES string of the molecule is [2H]CSc1ccccc1Nc1ccccc1C. The molecule has 0 heterocycles. The van der Waals surface area contributed by atoms with E-state index in [4.69, 9.17) is 1.37 Å². The molecular weight excluding hydrogens is 214 g/mol. The molecule has 0 saturated heterocycles. The molecule has 82 valence electrons. The molecule has 0 aliphatic carbocycles. The summed E-state index contributed by atoms with van der Waals surface area (Å²) in [5.74, 6) is 0. The maximum Gasteiger partial charge on any atom is 0.0522 e. The molecule has 1 nitrogen and oxygen atoms in total. The van der Waals surface area contributed by atoms with Gasteiger partial charge in [-0.2, -0.15) is 0 Å². The normalized spacial score (nSPS) is 10.9. The number of nitrogens with one attached hydrogen (secondary N) is 1. The Morgan fingerprint density at radius 1 is 1.00 bits per heavy atom. The van der Waals surface area contributed by atoms with Crippen molar-refractivity contribution < 1.29 is 1.37 Å². The number of thioether (sulfide) groups is 1. The molecule has 0 atom stereocenters. The number of anilines is 2. The first-order valence-corrected chi connectivity index (χ1v) is 6.13. The third kappa shape index (κ3) is 2.39. The lowest BCUT2D eigenvalue weighted by Crippen LogP contribution is -1.93. The molecule has 2 aromatic rings. The Morgan fingerprint density at radius 2 is 1.69 bits per heavy atom. The minimum atomic E-state index is 0.340. The van der Waals surface area contributed by atoms with Gasteiger partial charge in [-0.05, 0) is 36.9 Å². The molecule has 0 aliphatic rings. The molecule has 0 fully saturated rings. The Labute approximate surface area is 102 Å². The van der Waals surface area contributed by atoms with Crippen molar-refractivity contribution in [3.05, 3.63) is 54.1 Å². The van der Waals surface area contributed by atoms with Crippen molar-refractivity contribution in [2.75, 3.05) is 11.5 Å². The van der Waals surface area contributed by atoms with Crippen LogP contribution in [0.15, 0.2) is 53.4 Å². The van der Waals surface area contributed by atoms with Gasteiger partial charge in [0.25, 0.3) is 0 Å². The van der Waals surface area contributed by atoms with E-state index in [-0.39, 0.29) is 0 Å². The first kappa shape index (κ1) is 9.79. The van der Waals surface area contributed by atoms with Crippen molar-refractivity contribution in [2.24, 2.45) is 0 Å². The van der Waals surface area contributed by atoms with Crippen LogP contribution in [0, 0.1) is 6.92 Å². The summed E-state index contributed by atoms with van der Waals surface area (Å²) in [7, 11) is 0. The second kappa shape index (κ2) is 5.08. The van der Waals surface area contributed by atoms with E-state index in [1.165, 1.54) is 17.3 Å². The minimum absolute atomic E-state index is 0.340. The molecule has 0 radical (unpaired) electrons. The monoisotopic (exact) mass is 230 g/mol. The van der Waals surface area contributed by atoms with Crippen LogP contribution in [-0.4, -0.2) is 6.23 Å². The average molecular weight is 230 g/mol. The first-order chi connectivity index (χ1) is 8.31. The highest BCUT2D eigenvalue weighted by atomic mass is 32.2. The summed E-state index contributed by atoms with van der Waals surface area (Å²) in [4.78, 5) is 1.12. The molecule has 0 saturated carbocycles.